The van der Waals surface area contributed by atoms with Gasteiger partial charge in [0.25, 0.3) is 5.91 Å². The maximum atomic E-state index is 11.0. The smallest absolute Gasteiger partial charge is 0.287 e. The molecule has 0 saturated heterocycles. The molecule has 17 heavy (non-hydrogen) atoms. The Kier molecular flexibility index (Phi) is 4.51. The maximum Gasteiger partial charge on any atom is 0.287 e. The first-order valence-electron chi connectivity index (χ1n) is 5.19. The normalized spacial score (nSPS) is 9.76. The molecule has 1 rings (SSSR count). The number of hydrogen-bond acceptors (Lipinski definition) is 4. The molecule has 1 aromatic carbocycles. The van der Waals surface area contributed by atoms with Gasteiger partial charge in [0.2, 0.25) is 5.78 Å². The van der Waals surface area contributed by atoms with Crippen LogP contribution in [0.3, 0.4) is 0 Å². The first-order chi connectivity index (χ1) is 8.04. The number of ketones is 1. The monoisotopic (exact) mass is 237 g/mol. The number of aromatic hydroxyl groups is 1. The van der Waals surface area contributed by atoms with Gasteiger partial charge < -0.3 is 15.2 Å². The topological polar surface area (TPSA) is 75.6 Å². The van der Waals surface area contributed by atoms with Crippen LogP contribution in [0.1, 0.15) is 12.5 Å². The molecule has 0 aliphatic heterocycles. The minimum Gasteiger partial charge on any atom is -0.504 e. The summed E-state index contributed by atoms with van der Waals surface area (Å²) in [4.78, 5) is 21.7. The molecule has 0 saturated carbocycles. The number of carbonyl (C=O) groups excluding carboxylic acids is 2. The standard InChI is InChI=1S/C12H15NO4/c1-8(14)12(16)13-6-5-9-3-4-10(15)11(7-9)17-2/h3-4,7,15H,5-6H2,1-2H3,(H,13,16). The van der Waals surface area contributed by atoms with Crippen molar-refractivity contribution in [2.24, 2.45) is 0 Å². The zero-order valence-corrected chi connectivity index (χ0v) is 9.82. The number of phenols is 1. The second-order valence-corrected chi connectivity index (χ2v) is 3.57. The summed E-state index contributed by atoms with van der Waals surface area (Å²) in [6, 6.07) is 4.95. The van der Waals surface area contributed by atoms with Crippen LogP contribution in [-0.4, -0.2) is 30.5 Å². The molecule has 5 nitrogen and oxygen atoms in total. The molecule has 0 aromatic heterocycles. The molecule has 1 amide bonds. The molecule has 1 aromatic rings. The third kappa shape index (κ3) is 3.79. The number of amides is 1. The van der Waals surface area contributed by atoms with Crippen molar-refractivity contribution in [2.75, 3.05) is 13.7 Å². The quantitative estimate of drug-likeness (QED) is 0.737. The van der Waals surface area contributed by atoms with Crippen LogP contribution in [-0.2, 0) is 16.0 Å². The minimum absolute atomic E-state index is 0.0732. The van der Waals surface area contributed by atoms with Crippen LogP contribution in [0, 0.1) is 0 Å². The summed E-state index contributed by atoms with van der Waals surface area (Å²) in [6.07, 6.45) is 0.565. The van der Waals surface area contributed by atoms with Gasteiger partial charge in [-0.2, -0.15) is 0 Å². The fourth-order valence-corrected chi connectivity index (χ4v) is 1.32. The van der Waals surface area contributed by atoms with Crippen LogP contribution < -0.4 is 10.1 Å². The van der Waals surface area contributed by atoms with Gasteiger partial charge in [-0.25, -0.2) is 0 Å². The Morgan fingerprint density at radius 1 is 1.41 bits per heavy atom. The van der Waals surface area contributed by atoms with Crippen LogP contribution in [0.2, 0.25) is 0 Å². The summed E-state index contributed by atoms with van der Waals surface area (Å²) < 4.78 is 4.96. The summed E-state index contributed by atoms with van der Waals surface area (Å²) in [5.41, 5.74) is 0.906. The predicted molar refractivity (Wildman–Crippen MR) is 62.1 cm³/mol. The van der Waals surface area contributed by atoms with Crippen molar-refractivity contribution >= 4 is 11.7 Å². The highest BCUT2D eigenvalue weighted by molar-refractivity contribution is 6.35. The van der Waals surface area contributed by atoms with Crippen LogP contribution in [0.4, 0.5) is 0 Å². The van der Waals surface area contributed by atoms with Gasteiger partial charge in [0.05, 0.1) is 7.11 Å². The number of nitrogens with one attached hydrogen (secondary N) is 1. The zero-order chi connectivity index (χ0) is 12.8. The van der Waals surface area contributed by atoms with Gasteiger partial charge in [0, 0.05) is 13.5 Å². The number of benzene rings is 1. The third-order valence-electron chi connectivity index (χ3n) is 2.26. The lowest BCUT2D eigenvalue weighted by molar-refractivity contribution is -0.136. The molecule has 0 heterocycles. The number of rotatable bonds is 5. The minimum atomic E-state index is -0.587. The third-order valence-corrected chi connectivity index (χ3v) is 2.26. The maximum absolute atomic E-state index is 11.0. The highest BCUT2D eigenvalue weighted by Crippen LogP contribution is 2.26. The highest BCUT2D eigenvalue weighted by atomic mass is 16.5. The molecule has 0 spiro atoms. The first kappa shape index (κ1) is 13.0. The number of hydrogen-bond donors (Lipinski definition) is 2. The van der Waals surface area contributed by atoms with Crippen LogP contribution >= 0.6 is 0 Å². The molecule has 0 aliphatic rings. The largest absolute Gasteiger partial charge is 0.504 e. The van der Waals surface area contributed by atoms with E-state index in [1.54, 1.807) is 12.1 Å². The van der Waals surface area contributed by atoms with E-state index in [2.05, 4.69) is 5.32 Å². The van der Waals surface area contributed by atoms with E-state index in [9.17, 15) is 14.7 Å². The van der Waals surface area contributed by atoms with Crippen LogP contribution in [0.15, 0.2) is 18.2 Å². The van der Waals surface area contributed by atoms with Crippen molar-refractivity contribution in [3.8, 4) is 11.5 Å². The van der Waals surface area contributed by atoms with Crippen molar-refractivity contribution in [1.29, 1.82) is 0 Å². The average Bonchev–Trinajstić information content (AvgIpc) is 2.31. The average molecular weight is 237 g/mol. The fourth-order valence-electron chi connectivity index (χ4n) is 1.32. The molecule has 5 heteroatoms. The van der Waals surface area contributed by atoms with E-state index < -0.39 is 11.7 Å². The number of carbonyl (C=O) groups is 2. The predicted octanol–water partition coefficient (Wildman–Crippen LogP) is 0.648. The second kappa shape index (κ2) is 5.89. The van der Waals surface area contributed by atoms with Crippen molar-refractivity contribution in [3.63, 3.8) is 0 Å². The molecule has 0 radical (unpaired) electrons. The SMILES string of the molecule is COc1cc(CCNC(=O)C(C)=O)ccc1O. The van der Waals surface area contributed by atoms with E-state index in [0.29, 0.717) is 18.7 Å². The van der Waals surface area contributed by atoms with Gasteiger partial charge in [-0.05, 0) is 24.1 Å². The molecular weight excluding hydrogens is 222 g/mol. The first-order valence-corrected chi connectivity index (χ1v) is 5.19. The molecule has 2 N–H and O–H groups in total. The lowest BCUT2D eigenvalue weighted by Crippen LogP contribution is -2.30. The Hall–Kier alpha value is -2.04. The molecule has 0 atom stereocenters. The lowest BCUT2D eigenvalue weighted by atomic mass is 10.1. The Bertz CT molecular complexity index is 429. The summed E-state index contributed by atoms with van der Waals surface area (Å²) in [5, 5.41) is 11.9. The molecule has 0 aliphatic carbocycles. The Morgan fingerprint density at radius 2 is 2.12 bits per heavy atom. The van der Waals surface area contributed by atoms with Crippen LogP contribution in [0.25, 0.3) is 0 Å². The molecule has 0 fully saturated rings. The van der Waals surface area contributed by atoms with E-state index in [4.69, 9.17) is 4.74 Å². The summed E-state index contributed by atoms with van der Waals surface area (Å²) in [5.74, 6) is -0.631. The Balaban J connectivity index is 2.52. The zero-order valence-electron chi connectivity index (χ0n) is 9.82. The fraction of sp³-hybridized carbons (Fsp3) is 0.333. The molecular formula is C12H15NO4. The van der Waals surface area contributed by atoms with Crippen molar-refractivity contribution in [1.82, 2.24) is 5.32 Å². The Labute approximate surface area is 99.4 Å². The van der Waals surface area contributed by atoms with Crippen molar-refractivity contribution in [3.05, 3.63) is 23.8 Å². The van der Waals surface area contributed by atoms with Gasteiger partial charge in [-0.3, -0.25) is 9.59 Å². The van der Waals surface area contributed by atoms with E-state index in [0.717, 1.165) is 5.56 Å². The van der Waals surface area contributed by atoms with E-state index in [1.165, 1.54) is 20.1 Å². The van der Waals surface area contributed by atoms with E-state index >= 15 is 0 Å². The molecule has 92 valence electrons. The number of Topliss-reactive ketones (excluding diaryl/α,β-unsaturated/α-hetero) is 1. The molecule has 0 unspecified atom stereocenters. The van der Waals surface area contributed by atoms with E-state index in [-0.39, 0.29) is 5.75 Å². The highest BCUT2D eigenvalue weighted by Gasteiger charge is 2.06. The number of phenolic OH excluding ortho intramolecular Hbond substituents is 1. The van der Waals surface area contributed by atoms with Gasteiger partial charge in [-0.1, -0.05) is 6.07 Å². The Morgan fingerprint density at radius 3 is 2.71 bits per heavy atom. The van der Waals surface area contributed by atoms with Crippen molar-refractivity contribution < 1.29 is 19.4 Å². The van der Waals surface area contributed by atoms with E-state index in [1.807, 2.05) is 0 Å². The second-order valence-electron chi connectivity index (χ2n) is 3.57. The van der Waals surface area contributed by atoms with Gasteiger partial charge in [0.1, 0.15) is 0 Å². The van der Waals surface area contributed by atoms with Crippen LogP contribution in [0.5, 0.6) is 11.5 Å². The van der Waals surface area contributed by atoms with Gasteiger partial charge in [-0.15, -0.1) is 0 Å². The summed E-state index contributed by atoms with van der Waals surface area (Å²) in [6.45, 7) is 1.59. The van der Waals surface area contributed by atoms with Crippen molar-refractivity contribution in [2.45, 2.75) is 13.3 Å². The van der Waals surface area contributed by atoms with Gasteiger partial charge >= 0.3 is 0 Å². The summed E-state index contributed by atoms with van der Waals surface area (Å²) >= 11 is 0. The van der Waals surface area contributed by atoms with Gasteiger partial charge in [0.15, 0.2) is 11.5 Å². The number of ether oxygens (including phenoxy) is 1. The number of methoxy groups -OCH3 is 1. The lowest BCUT2D eigenvalue weighted by Gasteiger charge is -2.07. The molecule has 0 bridgehead atoms. The summed E-state index contributed by atoms with van der Waals surface area (Å²) in [7, 11) is 1.47.